The highest BCUT2D eigenvalue weighted by Crippen LogP contribution is 2.47. The molecule has 0 aliphatic carbocycles. The third kappa shape index (κ3) is 11.3. The largest absolute Gasteiger partial charge is 0.506 e. The Kier molecular flexibility index (Phi) is 14.7. The Morgan fingerprint density at radius 2 is 1.39 bits per heavy atom. The van der Waals surface area contributed by atoms with E-state index in [0.29, 0.717) is 30.2 Å². The van der Waals surface area contributed by atoms with Crippen LogP contribution in [0.4, 0.5) is 17.1 Å². The van der Waals surface area contributed by atoms with Gasteiger partial charge >= 0.3 is 0 Å². The van der Waals surface area contributed by atoms with Gasteiger partial charge in [0.2, 0.25) is 5.90 Å². The molecule has 67 heavy (non-hydrogen) atoms. The van der Waals surface area contributed by atoms with Crippen molar-refractivity contribution in [3.05, 3.63) is 108 Å². The summed E-state index contributed by atoms with van der Waals surface area (Å²) < 4.78 is 81.1. The van der Waals surface area contributed by atoms with E-state index in [9.17, 15) is 46.4 Å². The number of nitrogens with zero attached hydrogens (tertiary/aromatic N) is 4. The normalized spacial score (nSPS) is 13.2. The second-order valence-corrected chi connectivity index (χ2v) is 20.1. The molecule has 6 rings (SSSR count). The number of fused-ring (bicyclic) bond motifs is 2. The van der Waals surface area contributed by atoms with Crippen molar-refractivity contribution in [1.29, 1.82) is 0 Å². The van der Waals surface area contributed by atoms with Gasteiger partial charge in [0.15, 0.2) is 11.6 Å². The van der Waals surface area contributed by atoms with Gasteiger partial charge in [-0.05, 0) is 102 Å². The highest BCUT2D eigenvalue weighted by atomic mass is 32.2. The number of phenols is 2. The molecule has 0 heterocycles. The molecule has 0 fully saturated rings. The molecule has 0 saturated carbocycles. The zero-order chi connectivity index (χ0) is 49.1. The Morgan fingerprint density at radius 3 is 2.01 bits per heavy atom. The van der Waals surface area contributed by atoms with Crippen LogP contribution in [-0.4, -0.2) is 71.3 Å². The minimum Gasteiger partial charge on any atom is -0.506 e. The number of ether oxygens (including phenoxy) is 2. The smallest absolute Gasteiger partial charge is 0.296 e. The number of azo groups is 1. The maximum atomic E-state index is 12.5. The third-order valence-corrected chi connectivity index (χ3v) is 13.5. The van der Waals surface area contributed by atoms with Crippen LogP contribution >= 0.6 is 0 Å². The minimum atomic E-state index is -5.12. The van der Waals surface area contributed by atoms with E-state index < -0.39 is 47.4 Å². The number of aromatic hydroxyl groups is 2. The van der Waals surface area contributed by atoms with Gasteiger partial charge in [0.25, 0.3) is 20.2 Å². The van der Waals surface area contributed by atoms with Gasteiger partial charge in [0, 0.05) is 29.8 Å². The Labute approximate surface area is 389 Å². The highest BCUT2D eigenvalue weighted by Gasteiger charge is 2.28. The molecule has 0 bridgehead atoms. The first-order chi connectivity index (χ1) is 31.4. The Bertz CT molecular complexity index is 3160. The molecule has 0 aliphatic heterocycles. The first-order valence-corrected chi connectivity index (χ1v) is 24.3. The summed E-state index contributed by atoms with van der Waals surface area (Å²) in [4.78, 5) is 6.49. The molecule has 0 radical (unpaired) electrons. The lowest BCUT2D eigenvalue weighted by Crippen LogP contribution is -2.21. The van der Waals surface area contributed by atoms with Crippen LogP contribution < -0.4 is 9.47 Å². The molecule has 0 aliphatic rings. The zero-order valence-electron chi connectivity index (χ0n) is 38.1. The van der Waals surface area contributed by atoms with Gasteiger partial charge in [0.05, 0.1) is 33.8 Å². The topological polar surface area (TPSA) is 258 Å². The number of unbranched alkanes of at least 4 members (excludes halogenated alkanes) is 1. The number of phenolic OH excluding ortho intramolecular Hbond substituents is 2. The zero-order valence-corrected chi connectivity index (χ0v) is 39.8. The van der Waals surface area contributed by atoms with Crippen molar-refractivity contribution in [3.63, 3.8) is 0 Å². The van der Waals surface area contributed by atoms with Gasteiger partial charge < -0.3 is 29.9 Å². The van der Waals surface area contributed by atoms with Crippen LogP contribution in [0, 0.1) is 0 Å². The summed E-state index contributed by atoms with van der Waals surface area (Å²) in [6, 6.07) is 23.3. The van der Waals surface area contributed by atoms with E-state index in [1.165, 1.54) is 41.5 Å². The second kappa shape index (κ2) is 19.7. The Balaban J connectivity index is 1.20. The molecule has 354 valence electrons. The predicted octanol–water partition coefficient (Wildman–Crippen LogP) is 12.3. The van der Waals surface area contributed by atoms with Crippen molar-refractivity contribution in [2.45, 2.75) is 94.8 Å². The SMILES string of the molecule is CCC(C)(C)c1ccc(OCCCCN=C(O)c2cc(Oc3ccc(N=Nc4c(S(=O)(=O)O)cc5cc(S(=O)(=O)O)cc(N=C(C)O)c5c4O)cc3)c3ccccc3c2O)c(C(C)(C)CC)c1. The summed E-state index contributed by atoms with van der Waals surface area (Å²) in [7, 11) is -9.98. The lowest BCUT2D eigenvalue weighted by molar-refractivity contribution is 0.297. The number of rotatable bonds is 18. The van der Waals surface area contributed by atoms with Crippen molar-refractivity contribution in [2.24, 2.45) is 20.2 Å². The second-order valence-electron chi connectivity index (χ2n) is 17.3. The highest BCUT2D eigenvalue weighted by molar-refractivity contribution is 7.86. The van der Waals surface area contributed by atoms with Crippen LogP contribution in [0.2, 0.25) is 0 Å². The number of hydrogen-bond donors (Lipinski definition) is 6. The van der Waals surface area contributed by atoms with E-state index in [0.717, 1.165) is 43.7 Å². The maximum absolute atomic E-state index is 12.5. The number of aliphatic hydroxyl groups is 2. The van der Waals surface area contributed by atoms with Gasteiger partial charge in [-0.15, -0.1) is 5.11 Å². The van der Waals surface area contributed by atoms with E-state index in [2.05, 4.69) is 80.0 Å². The van der Waals surface area contributed by atoms with Gasteiger partial charge in [0.1, 0.15) is 33.6 Å². The Morgan fingerprint density at radius 1 is 0.716 bits per heavy atom. The number of hydrogen-bond acceptors (Lipinski definition) is 12. The first kappa shape index (κ1) is 49.8. The molecule has 6 N–H and O–H groups in total. The summed E-state index contributed by atoms with van der Waals surface area (Å²) in [5.74, 6) is -0.587. The molecule has 6 aromatic rings. The molecule has 0 unspecified atom stereocenters. The summed E-state index contributed by atoms with van der Waals surface area (Å²) in [6.07, 6.45) is 3.24. The summed E-state index contributed by atoms with van der Waals surface area (Å²) in [6.45, 7) is 15.2. The molecule has 16 nitrogen and oxygen atoms in total. The van der Waals surface area contributed by atoms with Crippen molar-refractivity contribution in [1.82, 2.24) is 0 Å². The average molecular weight is 955 g/mol. The average Bonchev–Trinajstić information content (AvgIpc) is 3.27. The Hall–Kier alpha value is -6.60. The van der Waals surface area contributed by atoms with Gasteiger partial charge in [-0.1, -0.05) is 77.9 Å². The van der Waals surface area contributed by atoms with Crippen molar-refractivity contribution in [3.8, 4) is 28.7 Å². The van der Waals surface area contributed by atoms with Gasteiger partial charge in [-0.25, -0.2) is 4.99 Å². The standard InChI is InChI=1S/C49H54N4O12S2/c1-8-48(4,5)31-16-21-40(38(26-31)49(6,7)9-2)64-23-13-12-22-50-47(57)37-28-41(35-14-10-11-15-36(35)45(37)55)65-33-19-17-32(18-20-33)52-53-44-42(67(61,62)63)25-30-24-34(66(58,59)60)27-39(51-29(3)54)43(30)46(44)56/h10-11,14-21,24-28,55-56H,8-9,12-13,22-23H2,1-7H3,(H,50,57)(H,51,54)(H,58,59,60)(H,61,62,63). The molecule has 0 aromatic heterocycles. The first-order valence-electron chi connectivity index (χ1n) is 21.4. The summed E-state index contributed by atoms with van der Waals surface area (Å²) >= 11 is 0. The minimum absolute atomic E-state index is 0.0432. The maximum Gasteiger partial charge on any atom is 0.296 e. The fourth-order valence-corrected chi connectivity index (χ4v) is 8.40. The number of aliphatic imine (C=N–C) groups is 2. The van der Waals surface area contributed by atoms with Crippen molar-refractivity contribution >= 4 is 70.6 Å². The fraction of sp³-hybridized carbons (Fsp3) is 0.306. The summed E-state index contributed by atoms with van der Waals surface area (Å²) in [5.41, 5.74) is 1.50. The quantitative estimate of drug-likeness (QED) is 0.0155. The lowest BCUT2D eigenvalue weighted by Gasteiger charge is -2.30. The fourth-order valence-electron chi connectivity index (χ4n) is 7.21. The van der Waals surface area contributed by atoms with Crippen LogP contribution in [0.1, 0.15) is 90.8 Å². The predicted molar refractivity (Wildman–Crippen MR) is 259 cm³/mol. The molecule has 0 saturated heterocycles. The summed E-state index contributed by atoms with van der Waals surface area (Å²) in [5, 5.41) is 51.8. The van der Waals surface area contributed by atoms with Crippen molar-refractivity contribution in [2.75, 3.05) is 13.2 Å². The van der Waals surface area contributed by atoms with Gasteiger partial charge in [-0.2, -0.15) is 21.9 Å². The monoisotopic (exact) mass is 954 g/mol. The molecule has 0 atom stereocenters. The molecular weight excluding hydrogens is 901 g/mol. The van der Waals surface area contributed by atoms with Crippen LogP contribution in [-0.2, 0) is 31.1 Å². The van der Waals surface area contributed by atoms with E-state index in [1.54, 1.807) is 24.3 Å². The molecule has 18 heteroatoms. The number of aliphatic hydroxyl groups excluding tert-OH is 2. The lowest BCUT2D eigenvalue weighted by atomic mass is 9.76. The molecular formula is C49H54N4O12S2. The van der Waals surface area contributed by atoms with E-state index >= 15 is 0 Å². The van der Waals surface area contributed by atoms with Crippen molar-refractivity contribution < 1.29 is 55.8 Å². The number of benzene rings is 6. The van der Waals surface area contributed by atoms with Crippen LogP contribution in [0.5, 0.6) is 28.7 Å². The van der Waals surface area contributed by atoms with E-state index in [-0.39, 0.29) is 68.2 Å². The molecule has 6 aromatic carbocycles. The third-order valence-electron chi connectivity index (χ3n) is 11.8. The van der Waals surface area contributed by atoms with Crippen LogP contribution in [0.15, 0.2) is 121 Å². The molecule has 0 spiro atoms. The van der Waals surface area contributed by atoms with E-state index in [4.69, 9.17) is 9.47 Å². The van der Waals surface area contributed by atoms with Gasteiger partial charge in [-0.3, -0.25) is 14.1 Å². The molecule has 0 amide bonds. The van der Waals surface area contributed by atoms with Crippen LogP contribution in [0.25, 0.3) is 21.5 Å². The van der Waals surface area contributed by atoms with E-state index in [1.807, 2.05) is 0 Å². The van der Waals surface area contributed by atoms with Crippen LogP contribution in [0.3, 0.4) is 0 Å².